The lowest BCUT2D eigenvalue weighted by molar-refractivity contribution is 0.0683. The predicted octanol–water partition coefficient (Wildman–Crippen LogP) is 3.34. The van der Waals surface area contributed by atoms with Gasteiger partial charge in [0.05, 0.1) is 10.0 Å². The molecule has 0 atom stereocenters. The first-order valence-electron chi connectivity index (χ1n) is 4.72. The van der Waals surface area contributed by atoms with Crippen LogP contribution in [0, 0.1) is 6.92 Å². The summed E-state index contributed by atoms with van der Waals surface area (Å²) in [6.45, 7) is 1.62. The lowest BCUT2D eigenvalue weighted by Gasteiger charge is -2.08. The lowest BCUT2D eigenvalue weighted by Crippen LogP contribution is -2.03. The zero-order valence-electron chi connectivity index (χ0n) is 8.99. The molecule has 0 spiro atoms. The molecule has 8 heteroatoms. The molecular weight excluding hydrogens is 345 g/mol. The molecule has 18 heavy (non-hydrogen) atoms. The molecule has 0 unspecified atom stereocenters. The number of hydrogen-bond acceptors (Lipinski definition) is 3. The van der Waals surface area contributed by atoms with Crippen molar-refractivity contribution in [1.29, 1.82) is 0 Å². The van der Waals surface area contributed by atoms with E-state index < -0.39 is 5.97 Å². The molecule has 0 saturated carbocycles. The molecule has 0 saturated heterocycles. The molecule has 0 radical (unpaired) electrons. The third kappa shape index (κ3) is 2.36. The highest BCUT2D eigenvalue weighted by Crippen LogP contribution is 2.32. The van der Waals surface area contributed by atoms with Crippen molar-refractivity contribution in [3.05, 3.63) is 38.3 Å². The van der Waals surface area contributed by atoms with Crippen LogP contribution in [-0.4, -0.2) is 25.8 Å². The summed E-state index contributed by atoms with van der Waals surface area (Å²) < 4.78 is 2.03. The third-order valence-corrected chi connectivity index (χ3v) is 3.19. The molecule has 1 heterocycles. The van der Waals surface area contributed by atoms with Crippen LogP contribution in [0.4, 0.5) is 0 Å². The van der Waals surface area contributed by atoms with E-state index in [-0.39, 0.29) is 5.82 Å². The van der Waals surface area contributed by atoms with Crippen LogP contribution in [0.15, 0.2) is 16.6 Å². The Labute approximate surface area is 120 Å². The van der Waals surface area contributed by atoms with Crippen molar-refractivity contribution in [2.24, 2.45) is 0 Å². The molecule has 0 aliphatic carbocycles. The van der Waals surface area contributed by atoms with Gasteiger partial charge in [0.25, 0.3) is 5.82 Å². The number of benzene rings is 1. The maximum Gasteiger partial charge on any atom is 0.375 e. The highest BCUT2D eigenvalue weighted by molar-refractivity contribution is 9.10. The third-order valence-electron chi connectivity index (χ3n) is 2.15. The van der Waals surface area contributed by atoms with Crippen LogP contribution in [0.1, 0.15) is 16.4 Å². The van der Waals surface area contributed by atoms with E-state index in [2.05, 4.69) is 26.0 Å². The normalized spacial score (nSPS) is 10.7. The van der Waals surface area contributed by atoms with Crippen molar-refractivity contribution >= 4 is 45.1 Å². The van der Waals surface area contributed by atoms with Crippen molar-refractivity contribution in [3.8, 4) is 5.69 Å². The smallest absolute Gasteiger partial charge is 0.375 e. The summed E-state index contributed by atoms with van der Waals surface area (Å²) >= 11 is 15.4. The van der Waals surface area contributed by atoms with Gasteiger partial charge in [0.2, 0.25) is 0 Å². The second-order valence-electron chi connectivity index (χ2n) is 3.42. The van der Waals surface area contributed by atoms with Gasteiger partial charge in [-0.05, 0) is 19.1 Å². The fourth-order valence-electron chi connectivity index (χ4n) is 1.43. The predicted molar refractivity (Wildman–Crippen MR) is 70.8 cm³/mol. The van der Waals surface area contributed by atoms with E-state index in [0.29, 0.717) is 21.6 Å². The fourth-order valence-corrected chi connectivity index (χ4v) is 2.80. The van der Waals surface area contributed by atoms with Crippen LogP contribution in [-0.2, 0) is 0 Å². The minimum absolute atomic E-state index is 0.303. The van der Waals surface area contributed by atoms with Gasteiger partial charge in [-0.25, -0.2) is 14.5 Å². The standard InChI is InChI=1S/C10H6BrCl2N3O2/c1-4-14-9(10(17)18)15-16(4)8-6(12)2-5(11)3-7(8)13/h2-3H,1H3,(H,17,18). The number of aromatic carboxylic acids is 1. The molecule has 1 N–H and O–H groups in total. The van der Waals surface area contributed by atoms with Crippen LogP contribution in [0.25, 0.3) is 5.69 Å². The second-order valence-corrected chi connectivity index (χ2v) is 5.15. The van der Waals surface area contributed by atoms with Gasteiger partial charge in [-0.1, -0.05) is 39.1 Å². The molecule has 2 aromatic rings. The molecule has 0 aliphatic heterocycles. The average Bonchev–Trinajstić information content (AvgIpc) is 2.59. The molecule has 2 rings (SSSR count). The van der Waals surface area contributed by atoms with Crippen LogP contribution in [0.2, 0.25) is 10.0 Å². The number of hydrogen-bond donors (Lipinski definition) is 1. The first-order valence-corrected chi connectivity index (χ1v) is 6.27. The Bertz CT molecular complexity index is 619. The summed E-state index contributed by atoms with van der Waals surface area (Å²) in [6, 6.07) is 3.29. The summed E-state index contributed by atoms with van der Waals surface area (Å²) in [6.07, 6.45) is 0. The first-order chi connectivity index (χ1) is 8.40. The van der Waals surface area contributed by atoms with E-state index in [4.69, 9.17) is 28.3 Å². The zero-order chi connectivity index (χ0) is 13.4. The van der Waals surface area contributed by atoms with E-state index in [1.807, 2.05) is 0 Å². The SMILES string of the molecule is Cc1nc(C(=O)O)nn1-c1c(Cl)cc(Br)cc1Cl. The molecule has 5 nitrogen and oxygen atoms in total. The Morgan fingerprint density at radius 3 is 2.39 bits per heavy atom. The van der Waals surface area contributed by atoms with Gasteiger partial charge in [-0.3, -0.25) is 0 Å². The van der Waals surface area contributed by atoms with E-state index in [1.54, 1.807) is 19.1 Å². The fraction of sp³-hybridized carbons (Fsp3) is 0.100. The Morgan fingerprint density at radius 2 is 1.94 bits per heavy atom. The van der Waals surface area contributed by atoms with Crippen LogP contribution in [0.3, 0.4) is 0 Å². The average molecular weight is 351 g/mol. The number of rotatable bonds is 2. The Hall–Kier alpha value is -1.11. The molecule has 1 aromatic carbocycles. The highest BCUT2D eigenvalue weighted by atomic mass is 79.9. The molecule has 0 amide bonds. The molecule has 0 bridgehead atoms. The van der Waals surface area contributed by atoms with Gasteiger partial charge < -0.3 is 5.11 Å². The number of carboxylic acid groups (broad SMARTS) is 1. The van der Waals surface area contributed by atoms with E-state index >= 15 is 0 Å². The molecule has 1 aromatic heterocycles. The number of halogens is 3. The summed E-state index contributed by atoms with van der Waals surface area (Å²) in [7, 11) is 0. The number of nitrogens with zero attached hydrogens (tertiary/aromatic N) is 3. The molecule has 94 valence electrons. The highest BCUT2D eigenvalue weighted by Gasteiger charge is 2.18. The summed E-state index contributed by atoms with van der Waals surface area (Å²) in [5, 5.41) is 13.4. The minimum Gasteiger partial charge on any atom is -0.475 e. The van der Waals surface area contributed by atoms with Gasteiger partial charge in [-0.15, -0.1) is 5.10 Å². The number of carbonyl (C=O) groups is 1. The van der Waals surface area contributed by atoms with E-state index in [0.717, 1.165) is 4.47 Å². The van der Waals surface area contributed by atoms with Crippen molar-refractivity contribution in [1.82, 2.24) is 14.8 Å². The molecule has 0 fully saturated rings. The van der Waals surface area contributed by atoms with Crippen molar-refractivity contribution in [2.45, 2.75) is 6.92 Å². The Balaban J connectivity index is 2.66. The van der Waals surface area contributed by atoms with Crippen LogP contribution < -0.4 is 0 Å². The molecular formula is C10H6BrCl2N3O2. The van der Waals surface area contributed by atoms with Gasteiger partial charge >= 0.3 is 5.97 Å². The Kier molecular flexibility index (Phi) is 3.61. The van der Waals surface area contributed by atoms with Crippen LogP contribution in [0.5, 0.6) is 0 Å². The van der Waals surface area contributed by atoms with Crippen LogP contribution >= 0.6 is 39.1 Å². The van der Waals surface area contributed by atoms with Gasteiger partial charge in [0.1, 0.15) is 11.5 Å². The summed E-state index contributed by atoms with van der Waals surface area (Å²) in [5.41, 5.74) is 0.402. The minimum atomic E-state index is -1.21. The first kappa shape index (κ1) is 13.3. The second kappa shape index (κ2) is 4.87. The number of carboxylic acids is 1. The quantitative estimate of drug-likeness (QED) is 0.901. The molecule has 0 aliphatic rings. The van der Waals surface area contributed by atoms with E-state index in [1.165, 1.54) is 4.68 Å². The lowest BCUT2D eigenvalue weighted by atomic mass is 10.3. The van der Waals surface area contributed by atoms with Crippen molar-refractivity contribution in [2.75, 3.05) is 0 Å². The van der Waals surface area contributed by atoms with Gasteiger partial charge in [-0.2, -0.15) is 0 Å². The van der Waals surface area contributed by atoms with Crippen molar-refractivity contribution in [3.63, 3.8) is 0 Å². The number of aromatic nitrogens is 3. The monoisotopic (exact) mass is 349 g/mol. The Morgan fingerprint density at radius 1 is 1.39 bits per heavy atom. The van der Waals surface area contributed by atoms with E-state index in [9.17, 15) is 4.79 Å². The summed E-state index contributed by atoms with van der Waals surface area (Å²) in [4.78, 5) is 14.6. The maximum atomic E-state index is 10.8. The zero-order valence-corrected chi connectivity index (χ0v) is 12.1. The van der Waals surface area contributed by atoms with Gasteiger partial charge in [0, 0.05) is 4.47 Å². The van der Waals surface area contributed by atoms with Crippen molar-refractivity contribution < 1.29 is 9.90 Å². The maximum absolute atomic E-state index is 10.8. The van der Waals surface area contributed by atoms with Gasteiger partial charge in [0.15, 0.2) is 0 Å². The number of aryl methyl sites for hydroxylation is 1. The largest absolute Gasteiger partial charge is 0.475 e. The summed E-state index contributed by atoms with van der Waals surface area (Å²) in [5.74, 6) is -1.12. The topological polar surface area (TPSA) is 68.0 Å².